The van der Waals surface area contributed by atoms with Gasteiger partial charge < -0.3 is 14.7 Å². The molecule has 4 nitrogen and oxygen atoms in total. The molecule has 2 rings (SSSR count). The molecule has 1 aromatic rings. The lowest BCUT2D eigenvalue weighted by atomic mass is 9.86. The van der Waals surface area contributed by atoms with Gasteiger partial charge in [-0.25, -0.2) is 4.79 Å². The first-order chi connectivity index (χ1) is 9.12. The van der Waals surface area contributed by atoms with Crippen molar-refractivity contribution in [2.75, 3.05) is 13.1 Å². The van der Waals surface area contributed by atoms with E-state index in [1.54, 1.807) is 39.0 Å². The van der Waals surface area contributed by atoms with Gasteiger partial charge in [0.25, 0.3) is 0 Å². The SMILES string of the molecule is CC(C)(C)OC(=O)N1CC(O)(c2c(Cl)cccc2Cl)C1. The smallest absolute Gasteiger partial charge is 0.410 e. The zero-order chi connectivity index (χ0) is 15.1. The molecule has 0 radical (unpaired) electrons. The zero-order valence-corrected chi connectivity index (χ0v) is 13.1. The molecule has 110 valence electrons. The minimum absolute atomic E-state index is 0.116. The number of rotatable bonds is 1. The van der Waals surface area contributed by atoms with Crippen molar-refractivity contribution in [3.8, 4) is 0 Å². The predicted octanol–water partition coefficient (Wildman–Crippen LogP) is 3.43. The Morgan fingerprint density at radius 2 is 1.80 bits per heavy atom. The lowest BCUT2D eigenvalue weighted by Gasteiger charge is -2.47. The van der Waals surface area contributed by atoms with Crippen LogP contribution in [-0.2, 0) is 10.3 Å². The minimum atomic E-state index is -1.22. The second-order valence-corrected chi connectivity index (χ2v) is 6.78. The zero-order valence-electron chi connectivity index (χ0n) is 11.6. The summed E-state index contributed by atoms with van der Waals surface area (Å²) in [6.07, 6.45) is -0.453. The molecule has 0 atom stereocenters. The third kappa shape index (κ3) is 3.03. The summed E-state index contributed by atoms with van der Waals surface area (Å²) in [5, 5.41) is 11.3. The first-order valence-corrected chi connectivity index (χ1v) is 7.03. The van der Waals surface area contributed by atoms with Crippen LogP contribution >= 0.6 is 23.2 Å². The second kappa shape index (κ2) is 5.10. The quantitative estimate of drug-likeness (QED) is 0.863. The number of likely N-dealkylation sites (tertiary alicyclic amines) is 1. The summed E-state index contributed by atoms with van der Waals surface area (Å²) in [6.45, 7) is 5.61. The highest BCUT2D eigenvalue weighted by molar-refractivity contribution is 6.36. The first-order valence-electron chi connectivity index (χ1n) is 6.27. The highest BCUT2D eigenvalue weighted by Crippen LogP contribution is 2.40. The van der Waals surface area contributed by atoms with Gasteiger partial charge in [0.05, 0.1) is 13.1 Å². The van der Waals surface area contributed by atoms with Gasteiger partial charge in [-0.15, -0.1) is 0 Å². The molecule has 1 aliphatic heterocycles. The van der Waals surface area contributed by atoms with E-state index in [0.29, 0.717) is 15.6 Å². The molecule has 1 N–H and O–H groups in total. The average Bonchev–Trinajstić information content (AvgIpc) is 2.22. The van der Waals surface area contributed by atoms with Crippen LogP contribution in [0.2, 0.25) is 10.0 Å². The molecule has 0 aromatic heterocycles. The van der Waals surface area contributed by atoms with Gasteiger partial charge in [0.2, 0.25) is 0 Å². The number of halogens is 2. The van der Waals surface area contributed by atoms with Gasteiger partial charge in [-0.2, -0.15) is 0 Å². The van der Waals surface area contributed by atoms with E-state index < -0.39 is 17.3 Å². The topological polar surface area (TPSA) is 49.8 Å². The molecule has 20 heavy (non-hydrogen) atoms. The van der Waals surface area contributed by atoms with Crippen LogP contribution < -0.4 is 0 Å². The van der Waals surface area contributed by atoms with Crippen LogP contribution in [0.3, 0.4) is 0 Å². The Balaban J connectivity index is 2.10. The maximum absolute atomic E-state index is 11.9. The maximum Gasteiger partial charge on any atom is 0.410 e. The van der Waals surface area contributed by atoms with Crippen LogP contribution in [0.1, 0.15) is 26.3 Å². The van der Waals surface area contributed by atoms with Gasteiger partial charge in [0, 0.05) is 15.6 Å². The van der Waals surface area contributed by atoms with Gasteiger partial charge in [-0.3, -0.25) is 0 Å². The van der Waals surface area contributed by atoms with Gasteiger partial charge in [0.1, 0.15) is 11.2 Å². The van der Waals surface area contributed by atoms with Crippen molar-refractivity contribution in [1.82, 2.24) is 4.90 Å². The van der Waals surface area contributed by atoms with Crippen molar-refractivity contribution in [2.24, 2.45) is 0 Å². The van der Waals surface area contributed by atoms with Crippen LogP contribution in [0.4, 0.5) is 4.79 Å². The lowest BCUT2D eigenvalue weighted by Crippen LogP contribution is -2.62. The monoisotopic (exact) mass is 317 g/mol. The van der Waals surface area contributed by atoms with Gasteiger partial charge in [-0.1, -0.05) is 29.3 Å². The molecule has 1 fully saturated rings. The summed E-state index contributed by atoms with van der Waals surface area (Å²) in [5.74, 6) is 0. The number of carbonyl (C=O) groups is 1. The molecule has 6 heteroatoms. The van der Waals surface area contributed by atoms with Crippen LogP contribution in [0.25, 0.3) is 0 Å². The number of nitrogens with zero attached hydrogens (tertiary/aromatic N) is 1. The summed E-state index contributed by atoms with van der Waals surface area (Å²) in [5.41, 5.74) is -1.32. The predicted molar refractivity (Wildman–Crippen MR) is 78.2 cm³/mol. The molecule has 0 bridgehead atoms. The van der Waals surface area contributed by atoms with E-state index >= 15 is 0 Å². The number of β-amino-alcohol motifs (C(OH)–C–C–N with tert-alkyl or cyclic N) is 1. The second-order valence-electron chi connectivity index (χ2n) is 5.96. The van der Waals surface area contributed by atoms with Crippen LogP contribution in [0.15, 0.2) is 18.2 Å². The van der Waals surface area contributed by atoms with Gasteiger partial charge >= 0.3 is 6.09 Å². The highest BCUT2D eigenvalue weighted by atomic mass is 35.5. The average molecular weight is 318 g/mol. The molecular formula is C14H17Cl2NO3. The van der Waals surface area contributed by atoms with Crippen LogP contribution in [0, 0.1) is 0 Å². The van der Waals surface area contributed by atoms with Crippen molar-refractivity contribution < 1.29 is 14.6 Å². The standard InChI is InChI=1S/C14H17Cl2NO3/c1-13(2,3)20-12(18)17-7-14(19,8-17)11-9(15)5-4-6-10(11)16/h4-6,19H,7-8H2,1-3H3. The summed E-state index contributed by atoms with van der Waals surface area (Å²) in [6, 6.07) is 5.04. The number of carbonyl (C=O) groups excluding carboxylic acids is 1. The number of benzene rings is 1. The van der Waals surface area contributed by atoms with Crippen molar-refractivity contribution >= 4 is 29.3 Å². The lowest BCUT2D eigenvalue weighted by molar-refractivity contribution is -0.103. The number of hydrogen-bond donors (Lipinski definition) is 1. The van der Waals surface area contributed by atoms with Gasteiger partial charge in [-0.05, 0) is 32.9 Å². The first kappa shape index (κ1) is 15.4. The Hall–Kier alpha value is -0.970. The molecule has 0 spiro atoms. The molecule has 0 saturated carbocycles. The number of aliphatic hydroxyl groups is 1. The molecule has 1 aromatic carbocycles. The summed E-state index contributed by atoms with van der Waals surface area (Å²) in [7, 11) is 0. The Bertz CT molecular complexity index is 513. The van der Waals surface area contributed by atoms with Crippen molar-refractivity contribution in [3.63, 3.8) is 0 Å². The molecule has 0 aliphatic carbocycles. The van der Waals surface area contributed by atoms with Crippen molar-refractivity contribution in [3.05, 3.63) is 33.8 Å². The number of ether oxygens (including phenoxy) is 1. The summed E-state index contributed by atoms with van der Waals surface area (Å²) in [4.78, 5) is 13.3. The van der Waals surface area contributed by atoms with E-state index in [1.807, 2.05) is 0 Å². The van der Waals surface area contributed by atoms with E-state index in [9.17, 15) is 9.90 Å². The number of amides is 1. The molecule has 0 unspecified atom stereocenters. The maximum atomic E-state index is 11.9. The van der Waals surface area contributed by atoms with E-state index in [4.69, 9.17) is 27.9 Å². The fourth-order valence-corrected chi connectivity index (χ4v) is 2.89. The Morgan fingerprint density at radius 1 is 1.30 bits per heavy atom. The normalized spacial score (nSPS) is 17.6. The highest BCUT2D eigenvalue weighted by Gasteiger charge is 2.48. The summed E-state index contributed by atoms with van der Waals surface area (Å²) < 4.78 is 5.24. The van der Waals surface area contributed by atoms with Crippen LogP contribution in [-0.4, -0.2) is 34.8 Å². The molecule has 1 aliphatic rings. The minimum Gasteiger partial charge on any atom is -0.444 e. The van der Waals surface area contributed by atoms with Crippen molar-refractivity contribution in [1.29, 1.82) is 0 Å². The van der Waals surface area contributed by atoms with E-state index in [2.05, 4.69) is 0 Å². The fraction of sp³-hybridized carbons (Fsp3) is 0.500. The van der Waals surface area contributed by atoms with Gasteiger partial charge in [0.15, 0.2) is 0 Å². The molecule has 1 amide bonds. The fourth-order valence-electron chi connectivity index (χ4n) is 2.14. The van der Waals surface area contributed by atoms with E-state index in [-0.39, 0.29) is 13.1 Å². The Morgan fingerprint density at radius 3 is 2.25 bits per heavy atom. The van der Waals surface area contributed by atoms with Crippen molar-refractivity contribution in [2.45, 2.75) is 32.0 Å². The molecule has 1 saturated heterocycles. The summed E-state index contributed by atoms with van der Waals surface area (Å²) >= 11 is 12.2. The Kier molecular flexibility index (Phi) is 3.93. The third-order valence-corrected chi connectivity index (χ3v) is 3.61. The van der Waals surface area contributed by atoms with Crippen LogP contribution in [0.5, 0.6) is 0 Å². The molecule has 1 heterocycles. The Labute approximate surface area is 128 Å². The van der Waals surface area contributed by atoms with E-state index in [0.717, 1.165) is 0 Å². The largest absolute Gasteiger partial charge is 0.444 e. The third-order valence-electron chi connectivity index (χ3n) is 2.98. The number of hydrogen-bond acceptors (Lipinski definition) is 3. The molecular weight excluding hydrogens is 301 g/mol. The van der Waals surface area contributed by atoms with E-state index in [1.165, 1.54) is 4.90 Å².